The Morgan fingerprint density at radius 1 is 1.11 bits per heavy atom. The van der Waals surface area contributed by atoms with Crippen molar-refractivity contribution < 1.29 is 14.3 Å². The summed E-state index contributed by atoms with van der Waals surface area (Å²) in [6.45, 7) is 7.71. The van der Waals surface area contributed by atoms with Gasteiger partial charge in [0.05, 0.1) is 12.8 Å². The highest BCUT2D eigenvalue weighted by molar-refractivity contribution is 7.17. The third-order valence-electron chi connectivity index (χ3n) is 6.88. The van der Waals surface area contributed by atoms with Crippen LogP contribution < -0.4 is 10.1 Å². The normalized spacial score (nSPS) is 15.0. The molecule has 184 valence electrons. The largest absolute Gasteiger partial charge is 0.496 e. The number of carbonyl (C=O) groups is 2. The van der Waals surface area contributed by atoms with Crippen molar-refractivity contribution in [2.45, 2.75) is 40.2 Å². The van der Waals surface area contributed by atoms with Gasteiger partial charge in [-0.15, -0.1) is 11.3 Å². The molecule has 2 aromatic carbocycles. The SMILES string of the molecule is COc1ccccc1CNC(=O)[C@@H](C)C1CCN(C(=O)c2sc(-c3ccc(C)cc3)nc2C)CC1. The molecule has 0 saturated carbocycles. The molecule has 1 N–H and O–H groups in total. The summed E-state index contributed by atoms with van der Waals surface area (Å²) in [5, 5.41) is 3.93. The van der Waals surface area contributed by atoms with Crippen molar-refractivity contribution >= 4 is 23.2 Å². The maximum Gasteiger partial charge on any atom is 0.265 e. The van der Waals surface area contributed by atoms with Crippen LogP contribution in [0.15, 0.2) is 48.5 Å². The van der Waals surface area contributed by atoms with E-state index in [1.807, 2.05) is 55.1 Å². The summed E-state index contributed by atoms with van der Waals surface area (Å²) >= 11 is 1.46. The van der Waals surface area contributed by atoms with Crippen LogP contribution in [-0.4, -0.2) is 41.9 Å². The highest BCUT2D eigenvalue weighted by atomic mass is 32.1. The first-order valence-electron chi connectivity index (χ1n) is 12.1. The number of hydrogen-bond acceptors (Lipinski definition) is 5. The standard InChI is InChI=1S/C28H33N3O3S/c1-18-9-11-22(12-10-18)27-30-20(3)25(35-27)28(33)31-15-13-21(14-16-31)19(2)26(32)29-17-23-7-5-6-8-24(23)34-4/h5-12,19,21H,13-17H2,1-4H3,(H,29,32)/t19-/m0/s1. The Labute approximate surface area is 211 Å². The van der Waals surface area contributed by atoms with Gasteiger partial charge in [0, 0.05) is 36.7 Å². The Morgan fingerprint density at radius 2 is 1.80 bits per heavy atom. The van der Waals surface area contributed by atoms with Crippen LogP contribution in [0.2, 0.25) is 0 Å². The van der Waals surface area contributed by atoms with Crippen molar-refractivity contribution in [2.24, 2.45) is 11.8 Å². The molecule has 35 heavy (non-hydrogen) atoms. The predicted octanol–water partition coefficient (Wildman–Crippen LogP) is 5.24. The summed E-state index contributed by atoms with van der Waals surface area (Å²) in [6, 6.07) is 15.9. The highest BCUT2D eigenvalue weighted by Gasteiger charge is 2.31. The molecule has 1 saturated heterocycles. The molecule has 6 nitrogen and oxygen atoms in total. The number of aromatic nitrogens is 1. The number of benzene rings is 2. The zero-order valence-electron chi connectivity index (χ0n) is 20.8. The van der Waals surface area contributed by atoms with E-state index in [2.05, 4.69) is 29.4 Å². The first-order chi connectivity index (χ1) is 16.9. The number of nitrogens with one attached hydrogen (secondary N) is 1. The van der Waals surface area contributed by atoms with Gasteiger partial charge < -0.3 is 15.0 Å². The minimum atomic E-state index is -0.111. The van der Waals surface area contributed by atoms with Crippen LogP contribution in [0.25, 0.3) is 10.6 Å². The maximum absolute atomic E-state index is 13.3. The van der Waals surface area contributed by atoms with Crippen molar-refractivity contribution in [1.82, 2.24) is 15.2 Å². The highest BCUT2D eigenvalue weighted by Crippen LogP contribution is 2.31. The number of ether oxygens (including phenoxy) is 1. The minimum absolute atomic E-state index is 0.0433. The lowest BCUT2D eigenvalue weighted by molar-refractivity contribution is -0.126. The van der Waals surface area contributed by atoms with E-state index in [0.29, 0.717) is 24.5 Å². The average Bonchev–Trinajstić information content (AvgIpc) is 3.28. The van der Waals surface area contributed by atoms with E-state index in [9.17, 15) is 9.59 Å². The molecule has 3 aromatic rings. The van der Waals surface area contributed by atoms with E-state index in [1.165, 1.54) is 16.9 Å². The van der Waals surface area contributed by atoms with Gasteiger partial charge in [0.2, 0.25) is 5.91 Å². The molecule has 0 unspecified atom stereocenters. The molecule has 4 rings (SSSR count). The number of para-hydroxylation sites is 1. The molecule has 1 aromatic heterocycles. The monoisotopic (exact) mass is 491 g/mol. The zero-order valence-corrected chi connectivity index (χ0v) is 21.7. The van der Waals surface area contributed by atoms with Gasteiger partial charge >= 0.3 is 0 Å². The minimum Gasteiger partial charge on any atom is -0.496 e. The van der Waals surface area contributed by atoms with Crippen molar-refractivity contribution in [3.63, 3.8) is 0 Å². The number of piperidine rings is 1. The third-order valence-corrected chi connectivity index (χ3v) is 8.08. The summed E-state index contributed by atoms with van der Waals surface area (Å²) in [5.74, 6) is 1.01. The Kier molecular flexibility index (Phi) is 7.86. The van der Waals surface area contributed by atoms with E-state index in [4.69, 9.17) is 4.74 Å². The quantitative estimate of drug-likeness (QED) is 0.491. The van der Waals surface area contributed by atoms with Crippen LogP contribution in [0.3, 0.4) is 0 Å². The number of aryl methyl sites for hydroxylation is 2. The summed E-state index contributed by atoms with van der Waals surface area (Å²) in [5.41, 5.74) is 3.97. The van der Waals surface area contributed by atoms with Crippen molar-refractivity contribution in [3.8, 4) is 16.3 Å². The molecule has 2 amide bonds. The fraction of sp³-hybridized carbons (Fsp3) is 0.393. The zero-order chi connectivity index (χ0) is 24.9. The molecule has 1 aliphatic heterocycles. The van der Waals surface area contributed by atoms with E-state index in [-0.39, 0.29) is 23.7 Å². The summed E-state index contributed by atoms with van der Waals surface area (Å²) in [6.07, 6.45) is 1.63. The lowest BCUT2D eigenvalue weighted by Gasteiger charge is -2.34. The lowest BCUT2D eigenvalue weighted by atomic mass is 9.84. The van der Waals surface area contributed by atoms with Crippen molar-refractivity contribution in [1.29, 1.82) is 0 Å². The molecule has 1 aliphatic rings. The number of likely N-dealkylation sites (tertiary alicyclic amines) is 1. The van der Waals surface area contributed by atoms with Crippen LogP contribution in [0.1, 0.15) is 46.3 Å². The average molecular weight is 492 g/mol. The fourth-order valence-electron chi connectivity index (χ4n) is 4.57. The van der Waals surface area contributed by atoms with Gasteiger partial charge in [-0.25, -0.2) is 4.98 Å². The topological polar surface area (TPSA) is 71.5 Å². The van der Waals surface area contributed by atoms with Gasteiger partial charge in [0.15, 0.2) is 0 Å². The Hall–Kier alpha value is -3.19. The number of thiazole rings is 1. The number of carbonyl (C=O) groups excluding carboxylic acids is 2. The second-order valence-electron chi connectivity index (χ2n) is 9.25. The lowest BCUT2D eigenvalue weighted by Crippen LogP contribution is -2.42. The van der Waals surface area contributed by atoms with Gasteiger partial charge in [-0.05, 0) is 38.7 Å². The molecule has 1 atom stereocenters. The summed E-state index contributed by atoms with van der Waals surface area (Å²) < 4.78 is 5.37. The number of hydrogen-bond donors (Lipinski definition) is 1. The number of nitrogens with zero attached hydrogens (tertiary/aromatic N) is 2. The Bertz CT molecular complexity index is 1180. The van der Waals surface area contributed by atoms with Crippen LogP contribution >= 0.6 is 11.3 Å². The van der Waals surface area contributed by atoms with Gasteiger partial charge in [-0.3, -0.25) is 9.59 Å². The fourth-order valence-corrected chi connectivity index (χ4v) is 5.61. The number of methoxy groups -OCH3 is 1. The first-order valence-corrected chi connectivity index (χ1v) is 12.9. The number of rotatable bonds is 7. The molecule has 0 spiro atoms. The Balaban J connectivity index is 1.32. The van der Waals surface area contributed by atoms with Gasteiger partial charge in [-0.1, -0.05) is 55.0 Å². The summed E-state index contributed by atoms with van der Waals surface area (Å²) in [4.78, 5) is 33.4. The molecule has 1 fully saturated rings. The molecule has 0 aliphatic carbocycles. The van der Waals surface area contributed by atoms with Crippen molar-refractivity contribution in [3.05, 3.63) is 70.2 Å². The van der Waals surface area contributed by atoms with Crippen molar-refractivity contribution in [2.75, 3.05) is 20.2 Å². The Morgan fingerprint density at radius 3 is 2.49 bits per heavy atom. The van der Waals surface area contributed by atoms with Crippen LogP contribution in [0.4, 0.5) is 0 Å². The van der Waals surface area contributed by atoms with E-state index < -0.39 is 0 Å². The summed E-state index contributed by atoms with van der Waals surface area (Å²) in [7, 11) is 1.63. The molecule has 7 heteroatoms. The van der Waals surface area contributed by atoms with Crippen LogP contribution in [-0.2, 0) is 11.3 Å². The van der Waals surface area contributed by atoms with Gasteiger partial charge in [0.25, 0.3) is 5.91 Å². The maximum atomic E-state index is 13.3. The van der Waals surface area contributed by atoms with E-state index in [1.54, 1.807) is 7.11 Å². The van der Waals surface area contributed by atoms with Crippen LogP contribution in [0.5, 0.6) is 5.75 Å². The molecule has 2 heterocycles. The van der Waals surface area contributed by atoms with Crippen LogP contribution in [0, 0.1) is 25.7 Å². The predicted molar refractivity (Wildman–Crippen MR) is 140 cm³/mol. The van der Waals surface area contributed by atoms with Gasteiger partial charge in [-0.2, -0.15) is 0 Å². The third kappa shape index (κ3) is 5.73. The first kappa shape index (κ1) is 24.9. The van der Waals surface area contributed by atoms with E-state index in [0.717, 1.165) is 40.4 Å². The molecular formula is C28H33N3O3S. The number of amides is 2. The second kappa shape index (κ2) is 11.0. The molecule has 0 bridgehead atoms. The van der Waals surface area contributed by atoms with E-state index >= 15 is 0 Å². The van der Waals surface area contributed by atoms with Gasteiger partial charge in [0.1, 0.15) is 15.6 Å². The second-order valence-corrected chi connectivity index (χ2v) is 10.2. The smallest absolute Gasteiger partial charge is 0.265 e. The molecular weight excluding hydrogens is 458 g/mol. The molecule has 0 radical (unpaired) electrons.